The van der Waals surface area contributed by atoms with Crippen LogP contribution in [0.5, 0.6) is 0 Å². The molecule has 0 heterocycles. The maximum Gasteiger partial charge on any atom is 0.337 e. The number of benzene rings is 1. The minimum atomic E-state index is -0.505. The maximum absolute atomic E-state index is 11.7. The topological polar surface area (TPSA) is 81.4 Å². The normalized spacial score (nSPS) is 12.1. The summed E-state index contributed by atoms with van der Waals surface area (Å²) in [5, 5.41) is 2.76. The van der Waals surface area contributed by atoms with E-state index in [0.29, 0.717) is 12.1 Å². The first-order chi connectivity index (χ1) is 8.95. The van der Waals surface area contributed by atoms with Crippen molar-refractivity contribution in [3.63, 3.8) is 0 Å². The monoisotopic (exact) mass is 264 g/mol. The molecule has 1 atom stereocenters. The van der Waals surface area contributed by atoms with Crippen LogP contribution in [-0.4, -0.2) is 25.0 Å². The summed E-state index contributed by atoms with van der Waals surface area (Å²) in [7, 11) is 1.34. The molecule has 0 saturated heterocycles. The van der Waals surface area contributed by atoms with E-state index < -0.39 is 6.04 Å². The number of nitrogens with two attached hydrogens (primary N) is 1. The molecule has 5 nitrogen and oxygen atoms in total. The first-order valence-corrected chi connectivity index (χ1v) is 6.16. The number of ether oxygens (including phenoxy) is 1. The highest BCUT2D eigenvalue weighted by molar-refractivity contribution is 5.89. The van der Waals surface area contributed by atoms with E-state index in [-0.39, 0.29) is 17.8 Å². The summed E-state index contributed by atoms with van der Waals surface area (Å²) < 4.78 is 4.61. The van der Waals surface area contributed by atoms with Gasteiger partial charge in [-0.15, -0.1) is 0 Å². The molecule has 3 N–H and O–H groups in total. The van der Waals surface area contributed by atoms with E-state index >= 15 is 0 Å². The highest BCUT2D eigenvalue weighted by atomic mass is 16.5. The van der Waals surface area contributed by atoms with Crippen molar-refractivity contribution in [3.8, 4) is 0 Å². The minimum absolute atomic E-state index is 0.0988. The number of carbonyl (C=O) groups excluding carboxylic acids is 2. The average Bonchev–Trinajstić information content (AvgIpc) is 2.43. The molecule has 19 heavy (non-hydrogen) atoms. The van der Waals surface area contributed by atoms with E-state index in [1.165, 1.54) is 7.11 Å². The van der Waals surface area contributed by atoms with Gasteiger partial charge in [0.05, 0.1) is 18.7 Å². The lowest BCUT2D eigenvalue weighted by atomic mass is 10.0. The second kappa shape index (κ2) is 6.89. The smallest absolute Gasteiger partial charge is 0.337 e. The highest BCUT2D eigenvalue weighted by Crippen LogP contribution is 2.06. The summed E-state index contributed by atoms with van der Waals surface area (Å²) in [6.45, 7) is 4.19. The number of nitrogens with one attached hydrogen (secondary N) is 1. The molecule has 1 aromatic carbocycles. The molecule has 0 aromatic heterocycles. The molecule has 0 spiro atoms. The van der Waals surface area contributed by atoms with Gasteiger partial charge >= 0.3 is 5.97 Å². The fourth-order valence-corrected chi connectivity index (χ4v) is 1.49. The van der Waals surface area contributed by atoms with Gasteiger partial charge in [0.15, 0.2) is 0 Å². The lowest BCUT2D eigenvalue weighted by Crippen LogP contribution is -2.43. The van der Waals surface area contributed by atoms with Crippen LogP contribution in [0.1, 0.15) is 29.8 Å². The van der Waals surface area contributed by atoms with Crippen molar-refractivity contribution in [2.24, 2.45) is 11.7 Å². The molecular weight excluding hydrogens is 244 g/mol. The Bertz CT molecular complexity index is 441. The number of methoxy groups -OCH3 is 1. The number of hydrogen-bond donors (Lipinski definition) is 2. The predicted molar refractivity (Wildman–Crippen MR) is 72.4 cm³/mol. The molecule has 1 aromatic rings. The van der Waals surface area contributed by atoms with Crippen LogP contribution in [0.2, 0.25) is 0 Å². The zero-order valence-corrected chi connectivity index (χ0v) is 11.5. The van der Waals surface area contributed by atoms with Crippen molar-refractivity contribution < 1.29 is 14.3 Å². The third-order valence-corrected chi connectivity index (χ3v) is 2.86. The van der Waals surface area contributed by atoms with Crippen LogP contribution in [-0.2, 0) is 16.1 Å². The number of esters is 1. The van der Waals surface area contributed by atoms with Crippen molar-refractivity contribution in [2.45, 2.75) is 26.4 Å². The molecule has 0 saturated carbocycles. The average molecular weight is 264 g/mol. The zero-order valence-electron chi connectivity index (χ0n) is 11.5. The number of rotatable bonds is 5. The molecule has 104 valence electrons. The first kappa shape index (κ1) is 15.2. The van der Waals surface area contributed by atoms with Crippen LogP contribution < -0.4 is 11.1 Å². The van der Waals surface area contributed by atoms with Crippen molar-refractivity contribution >= 4 is 11.9 Å². The van der Waals surface area contributed by atoms with Gasteiger partial charge in [0.25, 0.3) is 0 Å². The molecule has 0 bridgehead atoms. The Morgan fingerprint density at radius 1 is 1.26 bits per heavy atom. The second-order valence-electron chi connectivity index (χ2n) is 4.68. The molecule has 0 aliphatic heterocycles. The Hall–Kier alpha value is -1.88. The lowest BCUT2D eigenvalue weighted by Gasteiger charge is -2.15. The standard InChI is InChI=1S/C14H20N2O3/c1-9(2)12(15)13(17)16-8-10-4-6-11(7-5-10)14(18)19-3/h4-7,9,12H,8,15H2,1-3H3,(H,16,17)/t12-/m0/s1. The van der Waals surface area contributed by atoms with Gasteiger partial charge in [-0.2, -0.15) is 0 Å². The molecule has 0 fully saturated rings. The highest BCUT2D eigenvalue weighted by Gasteiger charge is 2.16. The fourth-order valence-electron chi connectivity index (χ4n) is 1.49. The summed E-state index contributed by atoms with van der Waals surface area (Å²) in [6, 6.07) is 6.36. The Morgan fingerprint density at radius 3 is 2.32 bits per heavy atom. The van der Waals surface area contributed by atoms with Gasteiger partial charge in [-0.3, -0.25) is 4.79 Å². The molecule has 5 heteroatoms. The van der Waals surface area contributed by atoms with Gasteiger partial charge in [-0.05, 0) is 23.6 Å². The van der Waals surface area contributed by atoms with Crippen LogP contribution >= 0.6 is 0 Å². The molecule has 0 unspecified atom stereocenters. The van der Waals surface area contributed by atoms with E-state index in [1.54, 1.807) is 24.3 Å². The van der Waals surface area contributed by atoms with E-state index in [4.69, 9.17) is 5.73 Å². The Kier molecular flexibility index (Phi) is 5.51. The van der Waals surface area contributed by atoms with Gasteiger partial charge in [-0.1, -0.05) is 26.0 Å². The van der Waals surface area contributed by atoms with Crippen LogP contribution in [0.15, 0.2) is 24.3 Å². The number of amides is 1. The molecule has 1 rings (SSSR count). The lowest BCUT2D eigenvalue weighted by molar-refractivity contribution is -0.123. The van der Waals surface area contributed by atoms with Crippen molar-refractivity contribution in [1.29, 1.82) is 0 Å². The number of carbonyl (C=O) groups is 2. The predicted octanol–water partition coefficient (Wildman–Crippen LogP) is 1.07. The molecule has 0 aliphatic rings. The second-order valence-corrected chi connectivity index (χ2v) is 4.68. The minimum Gasteiger partial charge on any atom is -0.465 e. The van der Waals surface area contributed by atoms with Crippen molar-refractivity contribution in [2.75, 3.05) is 7.11 Å². The van der Waals surface area contributed by atoms with E-state index in [1.807, 2.05) is 13.8 Å². The third-order valence-electron chi connectivity index (χ3n) is 2.86. The SMILES string of the molecule is COC(=O)c1ccc(CNC(=O)[C@@H](N)C(C)C)cc1. The van der Waals surface area contributed by atoms with Crippen LogP contribution in [0.4, 0.5) is 0 Å². The first-order valence-electron chi connectivity index (χ1n) is 6.16. The van der Waals surface area contributed by atoms with E-state index in [0.717, 1.165) is 5.56 Å². The molecule has 0 aliphatic carbocycles. The summed E-state index contributed by atoms with van der Waals surface area (Å²) in [5.41, 5.74) is 7.12. The van der Waals surface area contributed by atoms with Gasteiger partial charge in [-0.25, -0.2) is 4.79 Å². The summed E-state index contributed by atoms with van der Waals surface area (Å²) in [5.74, 6) is -0.453. The van der Waals surface area contributed by atoms with Gasteiger partial charge in [0, 0.05) is 6.54 Å². The maximum atomic E-state index is 11.7. The quantitative estimate of drug-likeness (QED) is 0.779. The van der Waals surface area contributed by atoms with E-state index in [2.05, 4.69) is 10.1 Å². The Morgan fingerprint density at radius 2 is 1.84 bits per heavy atom. The molecule has 0 radical (unpaired) electrons. The Balaban J connectivity index is 2.55. The molecule has 1 amide bonds. The van der Waals surface area contributed by atoms with Crippen LogP contribution in [0, 0.1) is 5.92 Å². The van der Waals surface area contributed by atoms with Gasteiger partial charge < -0.3 is 15.8 Å². The van der Waals surface area contributed by atoms with E-state index in [9.17, 15) is 9.59 Å². The summed E-state index contributed by atoms with van der Waals surface area (Å²) in [6.07, 6.45) is 0. The number of hydrogen-bond acceptors (Lipinski definition) is 4. The van der Waals surface area contributed by atoms with Gasteiger partial charge in [0.2, 0.25) is 5.91 Å². The third kappa shape index (κ3) is 4.37. The zero-order chi connectivity index (χ0) is 14.4. The van der Waals surface area contributed by atoms with Crippen molar-refractivity contribution in [1.82, 2.24) is 5.32 Å². The Labute approximate surface area is 113 Å². The molecular formula is C14H20N2O3. The van der Waals surface area contributed by atoms with Gasteiger partial charge in [0.1, 0.15) is 0 Å². The van der Waals surface area contributed by atoms with Crippen molar-refractivity contribution in [3.05, 3.63) is 35.4 Å². The van der Waals surface area contributed by atoms with Crippen LogP contribution in [0.3, 0.4) is 0 Å². The summed E-state index contributed by atoms with van der Waals surface area (Å²) in [4.78, 5) is 22.9. The fraction of sp³-hybridized carbons (Fsp3) is 0.429. The summed E-state index contributed by atoms with van der Waals surface area (Å²) >= 11 is 0. The van der Waals surface area contributed by atoms with Crippen LogP contribution in [0.25, 0.3) is 0 Å². The largest absolute Gasteiger partial charge is 0.465 e.